The van der Waals surface area contributed by atoms with Crippen molar-refractivity contribution in [3.05, 3.63) is 23.8 Å². The molecule has 0 atom stereocenters. The third-order valence-electron chi connectivity index (χ3n) is 2.34. The molecule has 1 rings (SSSR count). The lowest BCUT2D eigenvalue weighted by Crippen LogP contribution is -2.24. The number of nitrogens with one attached hydrogen (secondary N) is 1. The van der Waals surface area contributed by atoms with Gasteiger partial charge in [-0.15, -0.1) is 0 Å². The number of aliphatic carboxylic acids is 1. The molecule has 0 fully saturated rings. The first kappa shape index (κ1) is 13.3. The zero-order chi connectivity index (χ0) is 12.7. The van der Waals surface area contributed by atoms with Crippen LogP contribution in [0.25, 0.3) is 0 Å². The van der Waals surface area contributed by atoms with Crippen LogP contribution in [0.1, 0.15) is 5.56 Å². The summed E-state index contributed by atoms with van der Waals surface area (Å²) in [4.78, 5) is 10.3. The third kappa shape index (κ3) is 4.32. The molecule has 1 aromatic rings. The Morgan fingerprint density at radius 2 is 2.12 bits per heavy atom. The second-order valence-electron chi connectivity index (χ2n) is 3.50. The summed E-state index contributed by atoms with van der Waals surface area (Å²) >= 11 is 0. The molecule has 17 heavy (non-hydrogen) atoms. The first-order valence-corrected chi connectivity index (χ1v) is 5.30. The number of hydrogen-bond acceptors (Lipinski definition) is 4. The number of hydrogen-bond donors (Lipinski definition) is 2. The Kier molecular flexibility index (Phi) is 5.29. The Morgan fingerprint density at radius 1 is 1.35 bits per heavy atom. The van der Waals surface area contributed by atoms with Crippen molar-refractivity contribution in [3.8, 4) is 11.5 Å². The summed E-state index contributed by atoms with van der Waals surface area (Å²) in [5, 5.41) is 11.3. The Bertz CT molecular complexity index is 379. The molecular weight excluding hydrogens is 222 g/mol. The topological polar surface area (TPSA) is 67.8 Å². The predicted octanol–water partition coefficient (Wildman–Crippen LogP) is 0.921. The minimum absolute atomic E-state index is 0.0293. The molecular formula is C12H17NO4. The standard InChI is InChI=1S/C12H17NO4/c1-16-10-4-3-9(11(7-10)17-2)5-6-13-8-12(14)15/h3-4,7,13H,5-6,8H2,1-2H3,(H,14,15). The van der Waals surface area contributed by atoms with E-state index in [1.165, 1.54) is 0 Å². The van der Waals surface area contributed by atoms with E-state index in [9.17, 15) is 4.79 Å². The third-order valence-corrected chi connectivity index (χ3v) is 2.34. The minimum Gasteiger partial charge on any atom is -0.497 e. The molecule has 0 heterocycles. The molecule has 0 aliphatic carbocycles. The molecule has 0 aliphatic rings. The Labute approximate surface area is 100 Å². The maximum atomic E-state index is 10.3. The number of carboxylic acid groups (broad SMARTS) is 1. The van der Waals surface area contributed by atoms with Crippen molar-refractivity contribution in [3.63, 3.8) is 0 Å². The van der Waals surface area contributed by atoms with Crippen LogP contribution in [0.15, 0.2) is 18.2 Å². The number of rotatable bonds is 7. The second kappa shape index (κ2) is 6.75. The summed E-state index contributed by atoms with van der Waals surface area (Å²) in [6.45, 7) is 0.563. The first-order chi connectivity index (χ1) is 8.17. The van der Waals surface area contributed by atoms with E-state index in [2.05, 4.69) is 5.32 Å². The zero-order valence-corrected chi connectivity index (χ0v) is 10.0. The summed E-state index contributed by atoms with van der Waals surface area (Å²) in [6, 6.07) is 5.59. The van der Waals surface area contributed by atoms with Gasteiger partial charge in [-0.3, -0.25) is 4.79 Å². The van der Waals surface area contributed by atoms with Gasteiger partial charge in [0.15, 0.2) is 0 Å². The molecule has 2 N–H and O–H groups in total. The van der Waals surface area contributed by atoms with Gasteiger partial charge in [0.1, 0.15) is 11.5 Å². The van der Waals surface area contributed by atoms with E-state index in [-0.39, 0.29) is 6.54 Å². The second-order valence-corrected chi connectivity index (χ2v) is 3.50. The maximum Gasteiger partial charge on any atom is 0.317 e. The van der Waals surface area contributed by atoms with E-state index in [1.54, 1.807) is 14.2 Å². The minimum atomic E-state index is -0.855. The molecule has 0 radical (unpaired) electrons. The molecule has 5 heteroatoms. The van der Waals surface area contributed by atoms with Gasteiger partial charge in [0.25, 0.3) is 0 Å². The normalized spacial score (nSPS) is 10.0. The van der Waals surface area contributed by atoms with E-state index >= 15 is 0 Å². The molecule has 5 nitrogen and oxygen atoms in total. The van der Waals surface area contributed by atoms with E-state index in [0.717, 1.165) is 17.1 Å². The summed E-state index contributed by atoms with van der Waals surface area (Å²) in [7, 11) is 3.20. The summed E-state index contributed by atoms with van der Waals surface area (Å²) in [5.74, 6) is 0.636. The fourth-order valence-electron chi connectivity index (χ4n) is 1.48. The van der Waals surface area contributed by atoms with Crippen LogP contribution >= 0.6 is 0 Å². The molecule has 0 saturated heterocycles. The monoisotopic (exact) mass is 239 g/mol. The van der Waals surface area contributed by atoms with Gasteiger partial charge in [0.05, 0.1) is 20.8 Å². The van der Waals surface area contributed by atoms with Gasteiger partial charge in [-0.1, -0.05) is 6.07 Å². The SMILES string of the molecule is COc1ccc(CCNCC(=O)O)c(OC)c1. The molecule has 0 aliphatic heterocycles. The smallest absolute Gasteiger partial charge is 0.317 e. The van der Waals surface area contributed by atoms with Gasteiger partial charge in [-0.25, -0.2) is 0 Å². The largest absolute Gasteiger partial charge is 0.497 e. The summed E-state index contributed by atoms with van der Waals surface area (Å²) in [5.41, 5.74) is 1.02. The molecule has 0 unspecified atom stereocenters. The lowest BCUT2D eigenvalue weighted by molar-refractivity contribution is -0.135. The van der Waals surface area contributed by atoms with Crippen LogP contribution < -0.4 is 14.8 Å². The summed E-state index contributed by atoms with van der Waals surface area (Å²) in [6.07, 6.45) is 0.709. The van der Waals surface area contributed by atoms with Crippen LogP contribution in [0.2, 0.25) is 0 Å². The van der Waals surface area contributed by atoms with Crippen LogP contribution in [0, 0.1) is 0 Å². The molecule has 0 spiro atoms. The molecule has 0 aromatic heterocycles. The van der Waals surface area contributed by atoms with Gasteiger partial charge < -0.3 is 19.9 Å². The zero-order valence-electron chi connectivity index (χ0n) is 10.0. The average Bonchev–Trinajstić information content (AvgIpc) is 2.34. The van der Waals surface area contributed by atoms with Crippen LogP contribution in [-0.2, 0) is 11.2 Å². The van der Waals surface area contributed by atoms with Crippen LogP contribution in [0.3, 0.4) is 0 Å². The van der Waals surface area contributed by atoms with Crippen LogP contribution in [-0.4, -0.2) is 38.4 Å². The van der Waals surface area contributed by atoms with E-state index in [4.69, 9.17) is 14.6 Å². The highest BCUT2D eigenvalue weighted by molar-refractivity contribution is 5.68. The lowest BCUT2D eigenvalue weighted by atomic mass is 10.1. The van der Waals surface area contributed by atoms with Gasteiger partial charge in [0, 0.05) is 6.07 Å². The van der Waals surface area contributed by atoms with Gasteiger partial charge >= 0.3 is 5.97 Å². The van der Waals surface area contributed by atoms with E-state index in [1.807, 2.05) is 18.2 Å². The number of methoxy groups -OCH3 is 2. The van der Waals surface area contributed by atoms with Crippen molar-refractivity contribution >= 4 is 5.97 Å². The molecule has 94 valence electrons. The highest BCUT2D eigenvalue weighted by Gasteiger charge is 2.05. The van der Waals surface area contributed by atoms with E-state index < -0.39 is 5.97 Å². The van der Waals surface area contributed by atoms with Gasteiger partial charge in [-0.2, -0.15) is 0 Å². The summed E-state index contributed by atoms with van der Waals surface area (Å²) < 4.78 is 10.3. The Balaban J connectivity index is 2.55. The van der Waals surface area contributed by atoms with E-state index in [0.29, 0.717) is 13.0 Å². The highest BCUT2D eigenvalue weighted by Crippen LogP contribution is 2.24. The lowest BCUT2D eigenvalue weighted by Gasteiger charge is -2.10. The van der Waals surface area contributed by atoms with Crippen molar-refractivity contribution in [2.24, 2.45) is 0 Å². The fraction of sp³-hybridized carbons (Fsp3) is 0.417. The maximum absolute atomic E-state index is 10.3. The first-order valence-electron chi connectivity index (χ1n) is 5.30. The number of carboxylic acids is 1. The van der Waals surface area contributed by atoms with Gasteiger partial charge in [0.2, 0.25) is 0 Å². The highest BCUT2D eigenvalue weighted by atomic mass is 16.5. The number of ether oxygens (including phenoxy) is 2. The molecule has 0 amide bonds. The molecule has 0 saturated carbocycles. The fourth-order valence-corrected chi connectivity index (χ4v) is 1.48. The van der Waals surface area contributed by atoms with Crippen molar-refractivity contribution in [1.29, 1.82) is 0 Å². The van der Waals surface area contributed by atoms with Gasteiger partial charge in [-0.05, 0) is 24.6 Å². The average molecular weight is 239 g/mol. The quantitative estimate of drug-likeness (QED) is 0.692. The molecule has 1 aromatic carbocycles. The van der Waals surface area contributed by atoms with Crippen molar-refractivity contribution in [2.75, 3.05) is 27.3 Å². The van der Waals surface area contributed by atoms with Crippen LogP contribution in [0.4, 0.5) is 0 Å². The number of carbonyl (C=O) groups is 1. The predicted molar refractivity (Wildman–Crippen MR) is 63.8 cm³/mol. The Morgan fingerprint density at radius 3 is 2.71 bits per heavy atom. The van der Waals surface area contributed by atoms with Crippen molar-refractivity contribution in [1.82, 2.24) is 5.32 Å². The van der Waals surface area contributed by atoms with Crippen LogP contribution in [0.5, 0.6) is 11.5 Å². The van der Waals surface area contributed by atoms with Crippen molar-refractivity contribution < 1.29 is 19.4 Å². The number of benzene rings is 1. The Hall–Kier alpha value is -1.75. The molecule has 0 bridgehead atoms. The van der Waals surface area contributed by atoms with Crippen molar-refractivity contribution in [2.45, 2.75) is 6.42 Å².